The van der Waals surface area contributed by atoms with Gasteiger partial charge < -0.3 is 19.9 Å². The average Bonchev–Trinajstić information content (AvgIpc) is 3.32. The maximum absolute atomic E-state index is 13.5. The second kappa shape index (κ2) is 12.0. The van der Waals surface area contributed by atoms with Crippen LogP contribution in [-0.4, -0.2) is 79.0 Å². The van der Waals surface area contributed by atoms with E-state index < -0.39 is 18.7 Å². The first kappa shape index (κ1) is 28.2. The standard InChI is InChI=1S/C27H28ClF3N6O2S/c1-3-19(23-32-9-4-10-35(23)2)24(38)34-25-22(20-13-16(28)5-6-21(20)39-26(30)31)33-27(40-25)36-11-7-18(8-12-36)37-14-17(29)15-37/h3-6,9-10,13,17-18,26H,1,7-8,11-12,14-15H2,2H3,(H,34,38). The molecule has 5 rings (SSSR count). The van der Waals surface area contributed by atoms with Gasteiger partial charge in [0, 0.05) is 62.3 Å². The summed E-state index contributed by atoms with van der Waals surface area (Å²) in [5.74, 6) is -0.209. The minimum atomic E-state index is -3.06. The number of nitrogens with zero attached hydrogens (tertiary/aromatic N) is 5. The number of ether oxygens (including phenoxy) is 1. The van der Waals surface area contributed by atoms with Crippen LogP contribution in [0.2, 0.25) is 5.02 Å². The number of alkyl halides is 3. The topological polar surface area (TPSA) is 73.3 Å². The zero-order chi connectivity index (χ0) is 28.4. The molecule has 40 heavy (non-hydrogen) atoms. The number of allylic oxidation sites excluding steroid dienone is 1. The number of halogens is 4. The van der Waals surface area contributed by atoms with Gasteiger partial charge in [-0.2, -0.15) is 8.78 Å². The predicted molar refractivity (Wildman–Crippen MR) is 152 cm³/mol. The van der Waals surface area contributed by atoms with E-state index in [1.54, 1.807) is 30.4 Å². The van der Waals surface area contributed by atoms with Crippen LogP contribution in [0.25, 0.3) is 11.3 Å². The number of amides is 1. The van der Waals surface area contributed by atoms with Crippen LogP contribution < -0.4 is 15.0 Å². The summed E-state index contributed by atoms with van der Waals surface area (Å²) in [5.41, 5.74) is 0.699. The van der Waals surface area contributed by atoms with Gasteiger partial charge in [-0.15, -0.1) is 0 Å². The van der Waals surface area contributed by atoms with Crippen molar-refractivity contribution in [3.8, 4) is 17.0 Å². The van der Waals surface area contributed by atoms with Crippen molar-refractivity contribution in [2.75, 3.05) is 43.4 Å². The summed E-state index contributed by atoms with van der Waals surface area (Å²) in [6.45, 7) is 3.02. The number of aromatic nitrogens is 1. The van der Waals surface area contributed by atoms with Crippen molar-refractivity contribution in [1.29, 1.82) is 0 Å². The summed E-state index contributed by atoms with van der Waals surface area (Å²) in [6, 6.07) is 4.58. The molecule has 0 radical (unpaired) electrons. The van der Waals surface area contributed by atoms with Crippen LogP contribution in [0.5, 0.6) is 5.75 Å². The molecule has 0 spiro atoms. The zero-order valence-electron chi connectivity index (χ0n) is 21.7. The average molecular weight is 593 g/mol. The van der Waals surface area contributed by atoms with Crippen molar-refractivity contribution in [2.45, 2.75) is 31.7 Å². The van der Waals surface area contributed by atoms with Gasteiger partial charge in [0.1, 0.15) is 28.4 Å². The van der Waals surface area contributed by atoms with Gasteiger partial charge in [-0.05, 0) is 37.1 Å². The Balaban J connectivity index is 1.48. The quantitative estimate of drug-likeness (QED) is 0.405. The number of benzene rings is 1. The molecule has 13 heteroatoms. The molecule has 2 saturated heterocycles. The highest BCUT2D eigenvalue weighted by Gasteiger charge is 2.35. The van der Waals surface area contributed by atoms with Crippen LogP contribution in [-0.2, 0) is 4.79 Å². The molecule has 2 fully saturated rings. The maximum atomic E-state index is 13.5. The van der Waals surface area contributed by atoms with Crippen LogP contribution in [0, 0.1) is 0 Å². The molecular weight excluding hydrogens is 565 g/mol. The number of thiazole rings is 1. The number of carbonyl (C=O) groups excluding carboxylic acids is 1. The highest BCUT2D eigenvalue weighted by atomic mass is 35.5. The van der Waals surface area contributed by atoms with Gasteiger partial charge in [0.25, 0.3) is 5.91 Å². The first-order chi connectivity index (χ1) is 19.2. The normalized spacial score (nSPS) is 19.6. The third kappa shape index (κ3) is 6.03. The lowest BCUT2D eigenvalue weighted by Gasteiger charge is -2.44. The number of carbonyl (C=O) groups is 1. The summed E-state index contributed by atoms with van der Waals surface area (Å²) >= 11 is 7.47. The van der Waals surface area contributed by atoms with E-state index in [0.717, 1.165) is 12.8 Å². The molecule has 0 saturated carbocycles. The third-order valence-electron chi connectivity index (χ3n) is 6.99. The Labute approximate surface area is 239 Å². The maximum Gasteiger partial charge on any atom is 0.387 e. The van der Waals surface area contributed by atoms with Crippen molar-refractivity contribution in [2.24, 2.45) is 4.99 Å². The molecule has 3 aliphatic rings. The summed E-state index contributed by atoms with van der Waals surface area (Å²) in [5, 5.41) is 4.13. The van der Waals surface area contributed by atoms with E-state index >= 15 is 0 Å². The third-order valence-corrected chi connectivity index (χ3v) is 8.26. The van der Waals surface area contributed by atoms with Crippen LogP contribution in [0.3, 0.4) is 0 Å². The molecule has 3 aliphatic heterocycles. The SMILES string of the molecule is C=CC(C(=O)Nc1sc(N2CCC(N3CC(F)C3)CC2)nc1-c1cc(Cl)ccc1OC(F)F)=C1N=CC=CN1C. The summed E-state index contributed by atoms with van der Waals surface area (Å²) in [6.07, 6.45) is 7.40. The Morgan fingerprint density at radius 2 is 2.05 bits per heavy atom. The lowest BCUT2D eigenvalue weighted by atomic mass is 9.99. The first-order valence-electron chi connectivity index (χ1n) is 12.7. The van der Waals surface area contributed by atoms with Gasteiger partial charge in [0.2, 0.25) is 0 Å². The highest BCUT2D eigenvalue weighted by molar-refractivity contribution is 7.20. The van der Waals surface area contributed by atoms with Crippen molar-refractivity contribution in [1.82, 2.24) is 14.8 Å². The Morgan fingerprint density at radius 1 is 1.30 bits per heavy atom. The molecule has 1 N–H and O–H groups in total. The Kier molecular flexibility index (Phi) is 8.48. The molecular formula is C27H28ClF3N6O2S. The van der Waals surface area contributed by atoms with Crippen LogP contribution in [0.15, 0.2) is 59.5 Å². The second-order valence-electron chi connectivity index (χ2n) is 9.59. The molecule has 1 aromatic carbocycles. The van der Waals surface area contributed by atoms with E-state index in [4.69, 9.17) is 21.3 Å². The van der Waals surface area contributed by atoms with Crippen LogP contribution in [0.1, 0.15) is 12.8 Å². The molecule has 0 unspecified atom stereocenters. The van der Waals surface area contributed by atoms with Gasteiger partial charge in [-0.25, -0.2) is 14.4 Å². The van der Waals surface area contributed by atoms with E-state index in [2.05, 4.69) is 26.7 Å². The fourth-order valence-corrected chi connectivity index (χ4v) is 6.13. The number of nitrogens with one attached hydrogen (secondary N) is 1. The van der Waals surface area contributed by atoms with E-state index in [1.165, 1.54) is 35.6 Å². The lowest BCUT2D eigenvalue weighted by molar-refractivity contribution is -0.112. The van der Waals surface area contributed by atoms with Gasteiger partial charge in [0.15, 0.2) is 5.13 Å². The number of hydrogen-bond acceptors (Lipinski definition) is 8. The Bertz CT molecular complexity index is 1370. The molecule has 0 atom stereocenters. The molecule has 212 valence electrons. The Morgan fingerprint density at radius 3 is 2.70 bits per heavy atom. The minimum absolute atomic E-state index is 0.118. The minimum Gasteiger partial charge on any atom is -0.434 e. The highest BCUT2D eigenvalue weighted by Crippen LogP contribution is 2.43. The van der Waals surface area contributed by atoms with E-state index in [-0.39, 0.29) is 22.6 Å². The number of piperidine rings is 1. The summed E-state index contributed by atoms with van der Waals surface area (Å²) < 4.78 is 44.6. The lowest BCUT2D eigenvalue weighted by Crippen LogP contribution is -2.56. The first-order valence-corrected chi connectivity index (χ1v) is 13.9. The molecule has 4 heterocycles. The number of likely N-dealkylation sites (tertiary alicyclic amines) is 1. The van der Waals surface area contributed by atoms with E-state index in [0.29, 0.717) is 53.2 Å². The van der Waals surface area contributed by atoms with Crippen molar-refractivity contribution >= 4 is 45.2 Å². The fraction of sp³-hybridized carbons (Fsp3) is 0.370. The van der Waals surface area contributed by atoms with Crippen LogP contribution >= 0.6 is 22.9 Å². The molecule has 0 bridgehead atoms. The zero-order valence-corrected chi connectivity index (χ0v) is 23.3. The van der Waals surface area contributed by atoms with Crippen molar-refractivity contribution in [3.05, 3.63) is 59.5 Å². The Hall–Kier alpha value is -3.35. The largest absolute Gasteiger partial charge is 0.434 e. The monoisotopic (exact) mass is 592 g/mol. The summed E-state index contributed by atoms with van der Waals surface area (Å²) in [4.78, 5) is 28.5. The molecule has 0 aliphatic carbocycles. The van der Waals surface area contributed by atoms with Crippen molar-refractivity contribution < 1.29 is 22.7 Å². The molecule has 1 aromatic heterocycles. The second-order valence-corrected chi connectivity index (χ2v) is 11.0. The van der Waals surface area contributed by atoms with E-state index in [9.17, 15) is 18.0 Å². The van der Waals surface area contributed by atoms with Gasteiger partial charge in [-0.3, -0.25) is 9.69 Å². The number of anilines is 2. The van der Waals surface area contributed by atoms with Gasteiger partial charge >= 0.3 is 6.61 Å². The van der Waals surface area contributed by atoms with Gasteiger partial charge in [0.05, 0.1) is 5.57 Å². The van der Waals surface area contributed by atoms with Crippen molar-refractivity contribution in [3.63, 3.8) is 0 Å². The number of rotatable bonds is 8. The van der Waals surface area contributed by atoms with Crippen LogP contribution in [0.4, 0.5) is 23.3 Å². The molecule has 1 amide bonds. The van der Waals surface area contributed by atoms with E-state index in [1.807, 2.05) is 0 Å². The molecule has 8 nitrogen and oxygen atoms in total. The number of hydrogen-bond donors (Lipinski definition) is 1. The van der Waals surface area contributed by atoms with Gasteiger partial charge in [-0.1, -0.05) is 35.6 Å². The smallest absolute Gasteiger partial charge is 0.387 e. The predicted octanol–water partition coefficient (Wildman–Crippen LogP) is 5.55. The number of aliphatic imine (C=N–C) groups is 1. The molecule has 2 aromatic rings. The fourth-order valence-electron chi connectivity index (χ4n) is 4.93. The summed E-state index contributed by atoms with van der Waals surface area (Å²) in [7, 11) is 1.76.